The van der Waals surface area contributed by atoms with Crippen molar-refractivity contribution in [3.05, 3.63) is 70.9 Å². The van der Waals surface area contributed by atoms with Gasteiger partial charge in [0.1, 0.15) is 12.0 Å². The maximum absolute atomic E-state index is 12.7. The summed E-state index contributed by atoms with van der Waals surface area (Å²) in [6, 6.07) is 2.85. The minimum Gasteiger partial charge on any atom is -0.503 e. The Bertz CT molecular complexity index is 792. The van der Waals surface area contributed by atoms with E-state index in [4.69, 9.17) is 21.1 Å². The number of halogens is 1. The lowest BCUT2D eigenvalue weighted by Gasteiger charge is -2.22. The number of hydrogen-bond donors (Lipinski definition) is 1. The molecule has 0 radical (unpaired) electrons. The summed E-state index contributed by atoms with van der Waals surface area (Å²) in [5, 5.41) is 9.84. The third-order valence-electron chi connectivity index (χ3n) is 3.73. The maximum atomic E-state index is 12.7. The molecule has 1 heterocycles. The number of nitrogens with zero attached hydrogens (tertiary/aromatic N) is 1. The van der Waals surface area contributed by atoms with E-state index in [9.17, 15) is 9.90 Å². The van der Waals surface area contributed by atoms with E-state index in [1.54, 1.807) is 6.20 Å². The summed E-state index contributed by atoms with van der Waals surface area (Å²) in [7, 11) is 1.40. The Morgan fingerprint density at radius 1 is 1.42 bits per heavy atom. The van der Waals surface area contributed by atoms with Crippen molar-refractivity contribution in [3.8, 4) is 11.5 Å². The van der Waals surface area contributed by atoms with Gasteiger partial charge in [-0.2, -0.15) is 0 Å². The van der Waals surface area contributed by atoms with Gasteiger partial charge >= 0.3 is 0 Å². The second-order valence-electron chi connectivity index (χ2n) is 5.28. The minimum atomic E-state index is -0.306. The van der Waals surface area contributed by atoms with Crippen LogP contribution in [-0.4, -0.2) is 23.0 Å². The van der Waals surface area contributed by atoms with E-state index in [-0.39, 0.29) is 22.4 Å². The van der Waals surface area contributed by atoms with Crippen molar-refractivity contribution < 1.29 is 19.4 Å². The number of phenols is 1. The van der Waals surface area contributed by atoms with Crippen LogP contribution in [-0.2, 0) is 4.74 Å². The second kappa shape index (κ2) is 6.84. The molecule has 1 aliphatic carbocycles. The first-order chi connectivity index (χ1) is 11.6. The second-order valence-corrected chi connectivity index (χ2v) is 5.68. The van der Waals surface area contributed by atoms with Gasteiger partial charge in [-0.1, -0.05) is 29.8 Å². The Balaban J connectivity index is 1.89. The molecule has 0 aromatic heterocycles. The van der Waals surface area contributed by atoms with Crippen molar-refractivity contribution in [3.63, 3.8) is 0 Å². The fourth-order valence-corrected chi connectivity index (χ4v) is 2.67. The van der Waals surface area contributed by atoms with Crippen LogP contribution in [0.15, 0.2) is 60.4 Å². The Hall–Kier alpha value is -2.66. The number of aromatic hydroxyl groups is 1. The summed E-state index contributed by atoms with van der Waals surface area (Å²) < 4.78 is 10.6. The van der Waals surface area contributed by atoms with Crippen LogP contribution in [0.4, 0.5) is 0 Å². The fraction of sp³-hybridized carbons (Fsp3) is 0.167. The van der Waals surface area contributed by atoms with Crippen LogP contribution < -0.4 is 4.74 Å². The molecule has 6 heteroatoms. The molecule has 3 rings (SSSR count). The molecule has 1 amide bonds. The summed E-state index contributed by atoms with van der Waals surface area (Å²) in [6.07, 6.45) is 12.4. The van der Waals surface area contributed by atoms with Gasteiger partial charge in [0.05, 0.1) is 18.3 Å². The maximum Gasteiger partial charge on any atom is 0.262 e. The number of benzene rings is 1. The molecular formula is C18H16ClNO4. The average molecular weight is 346 g/mol. The van der Waals surface area contributed by atoms with Gasteiger partial charge in [0.25, 0.3) is 5.91 Å². The third-order valence-corrected chi connectivity index (χ3v) is 4.02. The summed E-state index contributed by atoms with van der Waals surface area (Å²) >= 11 is 5.96. The van der Waals surface area contributed by atoms with E-state index in [1.807, 2.05) is 12.2 Å². The molecule has 0 fully saturated rings. The fourth-order valence-electron chi connectivity index (χ4n) is 2.46. The van der Waals surface area contributed by atoms with Gasteiger partial charge in [0.2, 0.25) is 0 Å². The van der Waals surface area contributed by atoms with Gasteiger partial charge in [-0.15, -0.1) is 0 Å². The van der Waals surface area contributed by atoms with Crippen molar-refractivity contribution in [1.29, 1.82) is 0 Å². The van der Waals surface area contributed by atoms with E-state index in [1.165, 1.54) is 36.6 Å². The number of methoxy groups -OCH3 is 1. The van der Waals surface area contributed by atoms with Gasteiger partial charge in [-0.05, 0) is 30.5 Å². The molecule has 2 aliphatic rings. The van der Waals surface area contributed by atoms with Gasteiger partial charge < -0.3 is 14.6 Å². The van der Waals surface area contributed by atoms with E-state index in [2.05, 4.69) is 6.08 Å². The van der Waals surface area contributed by atoms with Crippen LogP contribution >= 0.6 is 11.6 Å². The standard InChI is InChI=1S/C18H16ClNO4/c1-23-15-10-13(9-14(19)17(15)21)18(22)20-7-8-24-16(11-20)12-5-3-2-4-6-12/h2-3,5,7-11,21H,4,6H2,1H3. The lowest BCUT2D eigenvalue weighted by atomic mass is 10.0. The van der Waals surface area contributed by atoms with Crippen LogP contribution in [0, 0.1) is 0 Å². The highest BCUT2D eigenvalue weighted by atomic mass is 35.5. The zero-order valence-electron chi connectivity index (χ0n) is 13.0. The minimum absolute atomic E-state index is 0.0549. The van der Waals surface area contributed by atoms with Gasteiger partial charge in [-0.25, -0.2) is 0 Å². The Kier molecular flexibility index (Phi) is 4.62. The largest absolute Gasteiger partial charge is 0.503 e. The molecule has 0 saturated heterocycles. The molecule has 0 spiro atoms. The zero-order chi connectivity index (χ0) is 17.1. The number of rotatable bonds is 3. The van der Waals surface area contributed by atoms with Crippen LogP contribution in [0.2, 0.25) is 5.02 Å². The number of carbonyl (C=O) groups is 1. The monoisotopic (exact) mass is 345 g/mol. The molecule has 1 aliphatic heterocycles. The van der Waals surface area contributed by atoms with Crippen LogP contribution in [0.25, 0.3) is 0 Å². The number of phenolic OH excluding ortho intramolecular Hbond substituents is 1. The Morgan fingerprint density at radius 3 is 2.96 bits per heavy atom. The quantitative estimate of drug-likeness (QED) is 0.895. The van der Waals surface area contributed by atoms with Gasteiger partial charge in [-0.3, -0.25) is 9.69 Å². The topological polar surface area (TPSA) is 59.0 Å². The summed E-state index contributed by atoms with van der Waals surface area (Å²) in [5.41, 5.74) is 1.33. The molecule has 124 valence electrons. The number of hydrogen-bond acceptors (Lipinski definition) is 4. The summed E-state index contributed by atoms with van der Waals surface area (Å²) in [4.78, 5) is 14.1. The lowest BCUT2D eigenvalue weighted by molar-refractivity contribution is 0.0855. The number of amides is 1. The van der Waals surface area contributed by atoms with E-state index < -0.39 is 0 Å². The smallest absolute Gasteiger partial charge is 0.262 e. The molecule has 1 aromatic carbocycles. The molecule has 0 saturated carbocycles. The van der Waals surface area contributed by atoms with Crippen molar-refractivity contribution in [2.24, 2.45) is 0 Å². The number of carbonyl (C=O) groups excluding carboxylic acids is 1. The molecule has 0 unspecified atom stereocenters. The van der Waals surface area contributed by atoms with Crippen LogP contribution in [0.5, 0.6) is 11.5 Å². The molecular weight excluding hydrogens is 330 g/mol. The molecule has 0 atom stereocenters. The zero-order valence-corrected chi connectivity index (χ0v) is 13.8. The Morgan fingerprint density at radius 2 is 2.25 bits per heavy atom. The van der Waals surface area contributed by atoms with Crippen molar-refractivity contribution in [2.75, 3.05) is 7.11 Å². The highest BCUT2D eigenvalue weighted by Crippen LogP contribution is 2.35. The number of allylic oxidation sites excluding steroid dienone is 4. The molecule has 1 aromatic rings. The lowest BCUT2D eigenvalue weighted by Crippen LogP contribution is -2.23. The third kappa shape index (κ3) is 3.16. The number of ether oxygens (including phenoxy) is 2. The van der Waals surface area contributed by atoms with Crippen molar-refractivity contribution >= 4 is 17.5 Å². The highest BCUT2D eigenvalue weighted by Gasteiger charge is 2.21. The Labute approximate surface area is 144 Å². The summed E-state index contributed by atoms with van der Waals surface area (Å²) in [6.45, 7) is 0. The van der Waals surface area contributed by atoms with E-state index in [0.29, 0.717) is 11.3 Å². The van der Waals surface area contributed by atoms with E-state index in [0.717, 1.165) is 18.4 Å². The normalized spacial score (nSPS) is 16.3. The van der Waals surface area contributed by atoms with Gasteiger partial charge in [0.15, 0.2) is 11.5 Å². The van der Waals surface area contributed by atoms with Crippen LogP contribution in [0.3, 0.4) is 0 Å². The average Bonchev–Trinajstić information content (AvgIpc) is 2.64. The predicted molar refractivity (Wildman–Crippen MR) is 90.6 cm³/mol. The van der Waals surface area contributed by atoms with Crippen molar-refractivity contribution in [1.82, 2.24) is 4.90 Å². The molecule has 24 heavy (non-hydrogen) atoms. The first kappa shape index (κ1) is 16.2. The highest BCUT2D eigenvalue weighted by molar-refractivity contribution is 6.32. The van der Waals surface area contributed by atoms with Crippen LogP contribution in [0.1, 0.15) is 23.2 Å². The van der Waals surface area contributed by atoms with Crippen molar-refractivity contribution in [2.45, 2.75) is 12.8 Å². The first-order valence-electron chi connectivity index (χ1n) is 7.40. The predicted octanol–water partition coefficient (Wildman–Crippen LogP) is 4.12. The molecule has 1 N–H and O–H groups in total. The SMILES string of the molecule is COc1cc(C(=O)N2C=COC(C3=CC=CCC3)=C2)cc(Cl)c1O. The molecule has 0 bridgehead atoms. The molecule has 5 nitrogen and oxygen atoms in total. The summed E-state index contributed by atoms with van der Waals surface area (Å²) in [5.74, 6) is 0.280. The van der Waals surface area contributed by atoms with E-state index >= 15 is 0 Å². The van der Waals surface area contributed by atoms with Gasteiger partial charge in [0, 0.05) is 11.8 Å². The first-order valence-corrected chi connectivity index (χ1v) is 7.78.